The summed E-state index contributed by atoms with van der Waals surface area (Å²) in [6.45, 7) is 4.99. The fourth-order valence-electron chi connectivity index (χ4n) is 3.74. The molecular formula is C23H34N4O8S2. The van der Waals surface area contributed by atoms with Gasteiger partial charge in [-0.2, -0.15) is 8.42 Å². The Morgan fingerprint density at radius 1 is 1.00 bits per heavy atom. The van der Waals surface area contributed by atoms with Gasteiger partial charge in [0.25, 0.3) is 16.0 Å². The smallest absolute Gasteiger partial charge is 0.261 e. The Labute approximate surface area is 218 Å². The lowest BCUT2D eigenvalue weighted by atomic mass is 10.2. The molecule has 0 aliphatic carbocycles. The maximum absolute atomic E-state index is 12.6. The molecule has 0 atom stereocenters. The van der Waals surface area contributed by atoms with Crippen LogP contribution in [0.15, 0.2) is 47.4 Å². The van der Waals surface area contributed by atoms with Crippen LogP contribution in [0.3, 0.4) is 0 Å². The minimum absolute atomic E-state index is 0.128. The van der Waals surface area contributed by atoms with Gasteiger partial charge >= 0.3 is 0 Å². The zero-order valence-electron chi connectivity index (χ0n) is 21.1. The SMILES string of the molecule is COc1ccc(S(N)(=O)=O)cc1C(=O)NCCCN1CCN(c2ccccc2OC)CC1.CS(=O)(=O)O. The fourth-order valence-corrected chi connectivity index (χ4v) is 4.28. The molecular weight excluding hydrogens is 524 g/mol. The molecule has 0 radical (unpaired) electrons. The van der Waals surface area contributed by atoms with E-state index in [0.29, 0.717) is 18.6 Å². The van der Waals surface area contributed by atoms with E-state index >= 15 is 0 Å². The van der Waals surface area contributed by atoms with Crippen LogP contribution in [0.1, 0.15) is 16.8 Å². The Morgan fingerprint density at radius 2 is 1.59 bits per heavy atom. The third-order valence-electron chi connectivity index (χ3n) is 5.48. The average molecular weight is 559 g/mol. The van der Waals surface area contributed by atoms with Crippen LogP contribution in [0.2, 0.25) is 0 Å². The van der Waals surface area contributed by atoms with Crippen LogP contribution in [0.25, 0.3) is 0 Å². The van der Waals surface area contributed by atoms with Crippen molar-refractivity contribution >= 4 is 31.7 Å². The molecule has 12 nitrogen and oxygen atoms in total. The highest BCUT2D eigenvalue weighted by Gasteiger charge is 2.20. The van der Waals surface area contributed by atoms with Gasteiger partial charge in [-0.3, -0.25) is 14.2 Å². The van der Waals surface area contributed by atoms with Gasteiger partial charge in [-0.15, -0.1) is 0 Å². The zero-order valence-corrected chi connectivity index (χ0v) is 22.7. The molecule has 0 bridgehead atoms. The van der Waals surface area contributed by atoms with Gasteiger partial charge in [0.1, 0.15) is 11.5 Å². The van der Waals surface area contributed by atoms with E-state index in [0.717, 1.165) is 50.6 Å². The molecule has 2 aromatic carbocycles. The maximum atomic E-state index is 12.6. The Morgan fingerprint density at radius 3 is 2.16 bits per heavy atom. The quantitative estimate of drug-likeness (QED) is 0.296. The topological polar surface area (TPSA) is 169 Å². The highest BCUT2D eigenvalue weighted by atomic mass is 32.2. The Bertz CT molecular complexity index is 1250. The number of anilines is 1. The van der Waals surface area contributed by atoms with Crippen LogP contribution in [-0.2, 0) is 20.1 Å². The predicted molar refractivity (Wildman–Crippen MR) is 140 cm³/mol. The molecule has 14 heteroatoms. The number of amides is 1. The molecule has 3 rings (SSSR count). The number of ether oxygens (including phenoxy) is 2. The maximum Gasteiger partial charge on any atom is 0.261 e. The van der Waals surface area contributed by atoms with Crippen LogP contribution in [-0.4, -0.2) is 91.9 Å². The summed E-state index contributed by atoms with van der Waals surface area (Å²) in [5.74, 6) is 0.779. The predicted octanol–water partition coefficient (Wildman–Crippen LogP) is 0.797. The van der Waals surface area contributed by atoms with E-state index in [2.05, 4.69) is 21.2 Å². The second-order valence-electron chi connectivity index (χ2n) is 8.25. The largest absolute Gasteiger partial charge is 0.496 e. The second-order valence-corrected chi connectivity index (χ2v) is 11.3. The van der Waals surface area contributed by atoms with Crippen molar-refractivity contribution < 1.29 is 35.7 Å². The summed E-state index contributed by atoms with van der Waals surface area (Å²) in [6.07, 6.45) is 1.49. The molecule has 1 fully saturated rings. The first-order valence-corrected chi connectivity index (χ1v) is 14.7. The van der Waals surface area contributed by atoms with Crippen molar-refractivity contribution in [1.29, 1.82) is 0 Å². The number of rotatable bonds is 9. The van der Waals surface area contributed by atoms with Crippen LogP contribution in [0.4, 0.5) is 5.69 Å². The third kappa shape index (κ3) is 10.2. The number of nitrogens with one attached hydrogen (secondary N) is 1. The Hall–Kier alpha value is -2.91. The second kappa shape index (κ2) is 13.6. The molecule has 0 spiro atoms. The molecule has 0 saturated carbocycles. The molecule has 4 N–H and O–H groups in total. The van der Waals surface area contributed by atoms with Crippen molar-refractivity contribution in [3.05, 3.63) is 48.0 Å². The molecule has 1 aliphatic rings. The van der Waals surface area contributed by atoms with E-state index in [9.17, 15) is 21.6 Å². The highest BCUT2D eigenvalue weighted by Crippen LogP contribution is 2.28. The number of methoxy groups -OCH3 is 2. The summed E-state index contributed by atoms with van der Waals surface area (Å²) in [4.78, 5) is 17.1. The van der Waals surface area contributed by atoms with Gasteiger partial charge in [0.15, 0.2) is 0 Å². The number of carbonyl (C=O) groups is 1. The van der Waals surface area contributed by atoms with Gasteiger partial charge < -0.3 is 19.7 Å². The third-order valence-corrected chi connectivity index (χ3v) is 6.39. The van der Waals surface area contributed by atoms with Crippen molar-refractivity contribution in [3.63, 3.8) is 0 Å². The van der Waals surface area contributed by atoms with E-state index < -0.39 is 26.0 Å². The van der Waals surface area contributed by atoms with Gasteiger partial charge in [0.2, 0.25) is 10.0 Å². The standard InChI is InChI=1S/C22H30N4O5S.CH4O3S/c1-30-20-9-8-17(32(23,28)29)16-18(20)22(27)24-10-5-11-25-12-14-26(15-13-25)19-6-3-4-7-21(19)31-2;1-5(2,3)4/h3-4,6-9,16H,5,10-15H2,1-2H3,(H,24,27)(H2,23,28,29);1H3,(H,2,3,4). The molecule has 1 heterocycles. The fraction of sp³-hybridized carbons (Fsp3) is 0.435. The summed E-state index contributed by atoms with van der Waals surface area (Å²) >= 11 is 0. The number of benzene rings is 2. The van der Waals surface area contributed by atoms with E-state index in [1.165, 1.54) is 25.3 Å². The summed E-state index contributed by atoms with van der Waals surface area (Å²) in [5, 5.41) is 8.00. The molecule has 1 aliphatic heterocycles. The first-order chi connectivity index (χ1) is 17.3. The van der Waals surface area contributed by atoms with E-state index in [1.807, 2.05) is 18.2 Å². The van der Waals surface area contributed by atoms with E-state index in [-0.39, 0.29) is 10.5 Å². The lowest BCUT2D eigenvalue weighted by Gasteiger charge is -2.36. The van der Waals surface area contributed by atoms with Crippen LogP contribution < -0.4 is 24.8 Å². The van der Waals surface area contributed by atoms with Crippen molar-refractivity contribution in [1.82, 2.24) is 10.2 Å². The summed E-state index contributed by atoms with van der Waals surface area (Å²) in [5.41, 5.74) is 1.25. The highest BCUT2D eigenvalue weighted by molar-refractivity contribution is 7.89. The van der Waals surface area contributed by atoms with E-state index in [4.69, 9.17) is 19.2 Å². The summed E-state index contributed by atoms with van der Waals surface area (Å²) in [6, 6.07) is 12.0. The van der Waals surface area contributed by atoms with Crippen LogP contribution in [0.5, 0.6) is 11.5 Å². The lowest BCUT2D eigenvalue weighted by molar-refractivity contribution is 0.0948. The number of carbonyl (C=O) groups excluding carboxylic acids is 1. The lowest BCUT2D eigenvalue weighted by Crippen LogP contribution is -2.47. The number of para-hydroxylation sites is 2. The van der Waals surface area contributed by atoms with E-state index in [1.54, 1.807) is 7.11 Å². The normalized spacial score (nSPS) is 14.4. The average Bonchev–Trinajstić information content (AvgIpc) is 2.85. The van der Waals surface area contributed by atoms with Crippen molar-refractivity contribution in [2.45, 2.75) is 11.3 Å². The number of piperazine rings is 1. The van der Waals surface area contributed by atoms with Crippen molar-refractivity contribution in [3.8, 4) is 11.5 Å². The van der Waals surface area contributed by atoms with Gasteiger partial charge in [-0.1, -0.05) is 12.1 Å². The minimum Gasteiger partial charge on any atom is -0.496 e. The number of nitrogens with zero attached hydrogens (tertiary/aromatic N) is 2. The number of nitrogens with two attached hydrogens (primary N) is 1. The molecule has 37 heavy (non-hydrogen) atoms. The molecule has 1 amide bonds. The number of sulfonamides is 1. The minimum atomic E-state index is -3.91. The van der Waals surface area contributed by atoms with Gasteiger partial charge in [0, 0.05) is 32.7 Å². The van der Waals surface area contributed by atoms with Crippen molar-refractivity contribution in [2.75, 3.05) is 64.6 Å². The summed E-state index contributed by atoms with van der Waals surface area (Å²) in [7, 11) is -4.46. The Balaban J connectivity index is 0.000000877. The van der Waals surface area contributed by atoms with Crippen molar-refractivity contribution in [2.24, 2.45) is 5.14 Å². The number of primary sulfonamides is 1. The van der Waals surface area contributed by atoms with Gasteiger partial charge in [-0.05, 0) is 43.3 Å². The molecule has 0 unspecified atom stereocenters. The van der Waals surface area contributed by atoms with Gasteiger partial charge in [-0.25, -0.2) is 13.6 Å². The first-order valence-electron chi connectivity index (χ1n) is 11.3. The number of hydrogen-bond donors (Lipinski definition) is 3. The zero-order chi connectivity index (χ0) is 27.6. The number of hydrogen-bond acceptors (Lipinski definition) is 9. The van der Waals surface area contributed by atoms with Crippen LogP contribution in [0, 0.1) is 0 Å². The van der Waals surface area contributed by atoms with Gasteiger partial charge in [0.05, 0.1) is 36.6 Å². The van der Waals surface area contributed by atoms with Crippen LogP contribution >= 0.6 is 0 Å². The summed E-state index contributed by atoms with van der Waals surface area (Å²) < 4.78 is 59.7. The Kier molecular flexibility index (Phi) is 11.1. The molecule has 0 aromatic heterocycles. The monoisotopic (exact) mass is 558 g/mol. The molecule has 1 saturated heterocycles. The molecule has 206 valence electrons. The molecule has 2 aromatic rings. The first kappa shape index (κ1) is 30.3.